The van der Waals surface area contributed by atoms with Gasteiger partial charge >= 0.3 is 0 Å². The summed E-state index contributed by atoms with van der Waals surface area (Å²) in [5.41, 5.74) is 2.85. The fraction of sp³-hybridized carbons (Fsp3) is 0.643. The van der Waals surface area contributed by atoms with Gasteiger partial charge in [0, 0.05) is 18.8 Å². The first-order valence-corrected chi connectivity index (χ1v) is 6.72. The predicted molar refractivity (Wildman–Crippen MR) is 70.8 cm³/mol. The van der Waals surface area contributed by atoms with E-state index in [9.17, 15) is 0 Å². The van der Waals surface area contributed by atoms with Crippen LogP contribution in [0.3, 0.4) is 0 Å². The zero-order valence-corrected chi connectivity index (χ0v) is 10.9. The van der Waals surface area contributed by atoms with E-state index in [-0.39, 0.29) is 0 Å². The van der Waals surface area contributed by atoms with E-state index in [1.807, 2.05) is 17.9 Å². The zero-order chi connectivity index (χ0) is 12.1. The van der Waals surface area contributed by atoms with Gasteiger partial charge in [-0.2, -0.15) is 5.10 Å². The topological polar surface area (TPSA) is 29.9 Å². The molecular weight excluding hydrogens is 210 g/mol. The Morgan fingerprint density at radius 1 is 1.47 bits per heavy atom. The van der Waals surface area contributed by atoms with E-state index in [0.717, 1.165) is 6.54 Å². The highest BCUT2D eigenvalue weighted by molar-refractivity contribution is 5.25. The van der Waals surface area contributed by atoms with Crippen molar-refractivity contribution in [3.05, 3.63) is 29.6 Å². The van der Waals surface area contributed by atoms with E-state index in [0.29, 0.717) is 6.04 Å². The summed E-state index contributed by atoms with van der Waals surface area (Å²) in [7, 11) is 1.98. The molecule has 1 aromatic rings. The lowest BCUT2D eigenvalue weighted by atomic mass is 9.91. The molecule has 1 N–H and O–H groups in total. The molecule has 3 heteroatoms. The Balaban J connectivity index is 2.15. The number of aryl methyl sites for hydroxylation is 1. The minimum absolute atomic E-state index is 0.379. The van der Waals surface area contributed by atoms with Gasteiger partial charge in [0.05, 0.1) is 12.2 Å². The van der Waals surface area contributed by atoms with Crippen LogP contribution in [0.5, 0.6) is 0 Å². The van der Waals surface area contributed by atoms with Crippen molar-refractivity contribution in [2.75, 3.05) is 6.54 Å². The maximum absolute atomic E-state index is 4.29. The van der Waals surface area contributed by atoms with E-state index in [4.69, 9.17) is 0 Å². The number of allylic oxidation sites excluding steroid dienone is 1. The summed E-state index contributed by atoms with van der Waals surface area (Å²) < 4.78 is 1.89. The third-order valence-corrected chi connectivity index (χ3v) is 3.35. The van der Waals surface area contributed by atoms with Gasteiger partial charge in [0.25, 0.3) is 0 Å². The summed E-state index contributed by atoms with van der Waals surface area (Å²) in [6, 6.07) is 0.379. The summed E-state index contributed by atoms with van der Waals surface area (Å²) in [6.07, 6.45) is 12.9. The average molecular weight is 233 g/mol. The molecule has 94 valence electrons. The molecule has 3 nitrogen and oxygen atoms in total. The molecule has 1 aromatic heterocycles. The number of nitrogens with one attached hydrogen (secondary N) is 1. The second-order valence-electron chi connectivity index (χ2n) is 4.86. The first-order chi connectivity index (χ1) is 8.31. The molecule has 0 spiro atoms. The second kappa shape index (κ2) is 6.01. The number of nitrogens with zero attached hydrogens (tertiary/aromatic N) is 2. The molecule has 0 aromatic carbocycles. The predicted octanol–water partition coefficient (Wildman–Crippen LogP) is 2.96. The normalized spacial score (nSPS) is 17.9. The van der Waals surface area contributed by atoms with Crippen LogP contribution >= 0.6 is 0 Å². The Hall–Kier alpha value is -1.09. The highest BCUT2D eigenvalue weighted by Crippen LogP contribution is 2.29. The number of hydrogen-bond acceptors (Lipinski definition) is 2. The van der Waals surface area contributed by atoms with Gasteiger partial charge in [-0.25, -0.2) is 0 Å². The van der Waals surface area contributed by atoms with Gasteiger partial charge in [0.1, 0.15) is 0 Å². The zero-order valence-electron chi connectivity index (χ0n) is 10.9. The monoisotopic (exact) mass is 233 g/mol. The Morgan fingerprint density at radius 3 is 2.94 bits per heavy atom. The van der Waals surface area contributed by atoms with Crippen LogP contribution in [0.1, 0.15) is 50.6 Å². The summed E-state index contributed by atoms with van der Waals surface area (Å²) in [5, 5.41) is 7.94. The molecule has 2 rings (SSSR count). The minimum atomic E-state index is 0.379. The highest BCUT2D eigenvalue weighted by Gasteiger charge is 2.18. The van der Waals surface area contributed by atoms with Crippen molar-refractivity contribution in [3.63, 3.8) is 0 Å². The van der Waals surface area contributed by atoms with Crippen LogP contribution in [0.25, 0.3) is 0 Å². The van der Waals surface area contributed by atoms with Crippen molar-refractivity contribution >= 4 is 0 Å². The highest BCUT2D eigenvalue weighted by atomic mass is 15.2. The van der Waals surface area contributed by atoms with E-state index in [2.05, 4.69) is 29.6 Å². The Bertz CT molecular complexity index is 379. The minimum Gasteiger partial charge on any atom is -0.306 e. The van der Waals surface area contributed by atoms with Gasteiger partial charge in [0.15, 0.2) is 0 Å². The smallest absolute Gasteiger partial charge is 0.0567 e. The molecule has 0 saturated heterocycles. The maximum Gasteiger partial charge on any atom is 0.0567 e. The third kappa shape index (κ3) is 3.19. The molecule has 1 aliphatic carbocycles. The standard InChI is InChI=1S/C14H23N3/c1-3-9-15-14(12-7-5-4-6-8-12)13-10-16-17(2)11-13/h7,10-11,14-15H,3-6,8-9H2,1-2H3. The molecule has 1 aliphatic rings. The van der Waals surface area contributed by atoms with Crippen molar-refractivity contribution in [1.29, 1.82) is 0 Å². The molecule has 17 heavy (non-hydrogen) atoms. The number of hydrogen-bond donors (Lipinski definition) is 1. The van der Waals surface area contributed by atoms with Crippen molar-refractivity contribution < 1.29 is 0 Å². The van der Waals surface area contributed by atoms with E-state index >= 15 is 0 Å². The largest absolute Gasteiger partial charge is 0.306 e. The van der Waals surface area contributed by atoms with Crippen LogP contribution in [0, 0.1) is 0 Å². The van der Waals surface area contributed by atoms with Gasteiger partial charge in [-0.1, -0.05) is 18.6 Å². The molecular formula is C14H23N3. The average Bonchev–Trinajstić information content (AvgIpc) is 2.78. The lowest BCUT2D eigenvalue weighted by Crippen LogP contribution is -2.24. The fourth-order valence-electron chi connectivity index (χ4n) is 2.47. The summed E-state index contributed by atoms with van der Waals surface area (Å²) in [4.78, 5) is 0. The first-order valence-electron chi connectivity index (χ1n) is 6.72. The molecule has 0 radical (unpaired) electrons. The molecule has 0 bridgehead atoms. The molecule has 1 atom stereocenters. The van der Waals surface area contributed by atoms with Gasteiger partial charge in [-0.05, 0) is 38.6 Å². The number of aromatic nitrogens is 2. The second-order valence-corrected chi connectivity index (χ2v) is 4.86. The number of rotatable bonds is 5. The fourth-order valence-corrected chi connectivity index (χ4v) is 2.47. The Morgan fingerprint density at radius 2 is 2.35 bits per heavy atom. The van der Waals surface area contributed by atoms with Gasteiger partial charge in [-0.15, -0.1) is 0 Å². The van der Waals surface area contributed by atoms with E-state index in [1.54, 1.807) is 5.57 Å². The van der Waals surface area contributed by atoms with Crippen LogP contribution in [0.4, 0.5) is 0 Å². The van der Waals surface area contributed by atoms with Gasteiger partial charge < -0.3 is 5.32 Å². The van der Waals surface area contributed by atoms with Crippen LogP contribution in [0.2, 0.25) is 0 Å². The molecule has 1 unspecified atom stereocenters. The van der Waals surface area contributed by atoms with E-state index < -0.39 is 0 Å². The Labute approximate surface area is 104 Å². The summed E-state index contributed by atoms with van der Waals surface area (Å²) in [5.74, 6) is 0. The van der Waals surface area contributed by atoms with Crippen LogP contribution < -0.4 is 5.32 Å². The summed E-state index contributed by atoms with van der Waals surface area (Å²) in [6.45, 7) is 3.28. The molecule has 0 fully saturated rings. The van der Waals surface area contributed by atoms with Crippen molar-refractivity contribution in [2.24, 2.45) is 7.05 Å². The van der Waals surface area contributed by atoms with Crippen LogP contribution in [-0.4, -0.2) is 16.3 Å². The van der Waals surface area contributed by atoms with Crippen molar-refractivity contribution in [3.8, 4) is 0 Å². The lowest BCUT2D eigenvalue weighted by molar-refractivity contribution is 0.546. The molecule has 0 aliphatic heterocycles. The van der Waals surface area contributed by atoms with Crippen LogP contribution in [0.15, 0.2) is 24.0 Å². The quantitative estimate of drug-likeness (QED) is 0.792. The van der Waals surface area contributed by atoms with Crippen LogP contribution in [-0.2, 0) is 7.05 Å². The van der Waals surface area contributed by atoms with Crippen molar-refractivity contribution in [1.82, 2.24) is 15.1 Å². The maximum atomic E-state index is 4.29. The van der Waals surface area contributed by atoms with Crippen molar-refractivity contribution in [2.45, 2.75) is 45.1 Å². The Kier molecular flexibility index (Phi) is 4.37. The third-order valence-electron chi connectivity index (χ3n) is 3.35. The molecule has 1 heterocycles. The molecule has 0 saturated carbocycles. The first kappa shape index (κ1) is 12.4. The van der Waals surface area contributed by atoms with Gasteiger partial charge in [-0.3, -0.25) is 4.68 Å². The molecule has 0 amide bonds. The lowest BCUT2D eigenvalue weighted by Gasteiger charge is -2.23. The summed E-state index contributed by atoms with van der Waals surface area (Å²) >= 11 is 0. The van der Waals surface area contributed by atoms with E-state index in [1.165, 1.54) is 37.7 Å². The SMILES string of the molecule is CCCNC(C1=CCCCC1)c1cnn(C)c1. The van der Waals surface area contributed by atoms with Gasteiger partial charge in [0.2, 0.25) is 0 Å².